The second-order valence-electron chi connectivity index (χ2n) is 6.17. The Bertz CT molecular complexity index is 654. The Kier molecular flexibility index (Phi) is 6.10. The molecule has 0 saturated carbocycles. The number of carbonyl (C=O) groups is 2. The van der Waals surface area contributed by atoms with E-state index >= 15 is 0 Å². The average molecular weight is 414 g/mol. The van der Waals surface area contributed by atoms with Gasteiger partial charge >= 0.3 is 0 Å². The van der Waals surface area contributed by atoms with Crippen LogP contribution in [-0.4, -0.2) is 35.3 Å². The van der Waals surface area contributed by atoms with Gasteiger partial charge in [0.1, 0.15) is 0 Å². The van der Waals surface area contributed by atoms with Gasteiger partial charge in [-0.1, -0.05) is 17.7 Å². The minimum absolute atomic E-state index is 0.0313. The molecule has 0 spiro atoms. The van der Waals surface area contributed by atoms with E-state index in [1.165, 1.54) is 0 Å². The summed E-state index contributed by atoms with van der Waals surface area (Å²) in [6, 6.07) is 5.43. The van der Waals surface area contributed by atoms with E-state index in [0.29, 0.717) is 37.4 Å². The van der Waals surface area contributed by atoms with Crippen LogP contribution in [0.4, 0.5) is 5.69 Å². The lowest BCUT2D eigenvalue weighted by atomic mass is 9.82. The molecule has 0 unspecified atom stereocenters. The van der Waals surface area contributed by atoms with Crippen LogP contribution in [-0.2, 0) is 9.59 Å². The Morgan fingerprint density at radius 1 is 1.38 bits per heavy atom. The molecule has 2 amide bonds. The fourth-order valence-electron chi connectivity index (χ4n) is 3.45. The van der Waals surface area contributed by atoms with Crippen LogP contribution >= 0.6 is 27.5 Å². The van der Waals surface area contributed by atoms with Crippen molar-refractivity contribution in [3.8, 4) is 0 Å². The second-order valence-corrected chi connectivity index (χ2v) is 7.46. The zero-order valence-electron chi connectivity index (χ0n) is 14.0. The average Bonchev–Trinajstić information content (AvgIpc) is 2.50. The summed E-state index contributed by atoms with van der Waals surface area (Å²) in [7, 11) is 0. The molecule has 1 aliphatic rings. The Morgan fingerprint density at radius 3 is 2.46 bits per heavy atom. The third kappa shape index (κ3) is 3.83. The minimum Gasteiger partial charge on any atom is -0.343 e. The molecule has 0 atom stereocenters. The molecule has 1 aromatic rings. The lowest BCUT2D eigenvalue weighted by molar-refractivity contribution is -0.130. The molecule has 1 aliphatic heterocycles. The van der Waals surface area contributed by atoms with E-state index in [2.05, 4.69) is 22.5 Å². The molecule has 130 valence electrons. The van der Waals surface area contributed by atoms with E-state index in [9.17, 15) is 9.59 Å². The minimum atomic E-state index is -0.379. The number of likely N-dealkylation sites (tertiary alicyclic amines) is 1. The Labute approximate surface area is 156 Å². The van der Waals surface area contributed by atoms with Crippen molar-refractivity contribution in [3.05, 3.63) is 40.3 Å². The summed E-state index contributed by atoms with van der Waals surface area (Å²) in [5.41, 5.74) is 0.417. The maximum absolute atomic E-state index is 12.5. The highest BCUT2D eigenvalue weighted by Gasteiger charge is 2.42. The van der Waals surface area contributed by atoms with E-state index in [1.54, 1.807) is 26.0 Å². The first kappa shape index (κ1) is 19.0. The third-order valence-corrected chi connectivity index (χ3v) is 5.47. The maximum atomic E-state index is 12.5. The number of anilines is 1. The van der Waals surface area contributed by atoms with E-state index in [4.69, 9.17) is 11.6 Å². The number of halogens is 2. The number of nitrogens with zero attached hydrogens (tertiary/aromatic N) is 2. The van der Waals surface area contributed by atoms with Crippen LogP contribution in [0, 0.1) is 0 Å². The van der Waals surface area contributed by atoms with Crippen molar-refractivity contribution in [1.29, 1.82) is 0 Å². The summed E-state index contributed by atoms with van der Waals surface area (Å²) in [5, 5.41) is 0.610. The molecule has 0 N–H and O–H groups in total. The monoisotopic (exact) mass is 412 g/mol. The number of hydrogen-bond donors (Lipinski definition) is 0. The molecule has 1 saturated heterocycles. The molecule has 4 nitrogen and oxygen atoms in total. The predicted molar refractivity (Wildman–Crippen MR) is 101 cm³/mol. The molecule has 0 aliphatic carbocycles. The van der Waals surface area contributed by atoms with E-state index in [1.807, 2.05) is 21.9 Å². The van der Waals surface area contributed by atoms with Crippen molar-refractivity contribution in [1.82, 2.24) is 4.90 Å². The molecule has 0 radical (unpaired) electrons. The number of hydrogen-bond acceptors (Lipinski definition) is 2. The van der Waals surface area contributed by atoms with Crippen molar-refractivity contribution >= 4 is 45.0 Å². The number of amides is 2. The Hall–Kier alpha value is -1.33. The highest BCUT2D eigenvalue weighted by Crippen LogP contribution is 2.40. The van der Waals surface area contributed by atoms with Crippen LogP contribution in [0.1, 0.15) is 33.1 Å². The quantitative estimate of drug-likeness (QED) is 0.686. The van der Waals surface area contributed by atoms with Crippen molar-refractivity contribution in [2.24, 2.45) is 0 Å². The fourth-order valence-corrected chi connectivity index (χ4v) is 4.31. The molecular formula is C18H22BrClN2O2. The van der Waals surface area contributed by atoms with E-state index in [-0.39, 0.29) is 17.4 Å². The van der Waals surface area contributed by atoms with Gasteiger partial charge in [-0.25, -0.2) is 0 Å². The zero-order valence-corrected chi connectivity index (χ0v) is 16.4. The van der Waals surface area contributed by atoms with Gasteiger partial charge in [0.05, 0.1) is 11.2 Å². The third-order valence-electron chi connectivity index (χ3n) is 4.60. The van der Waals surface area contributed by atoms with Gasteiger partial charge in [0.25, 0.3) is 0 Å². The molecule has 0 aromatic heterocycles. The van der Waals surface area contributed by atoms with Crippen LogP contribution in [0.25, 0.3) is 0 Å². The molecular weight excluding hydrogens is 392 g/mol. The topological polar surface area (TPSA) is 40.6 Å². The highest BCUT2D eigenvalue weighted by atomic mass is 79.9. The summed E-state index contributed by atoms with van der Waals surface area (Å²) in [6.07, 6.45) is 3.96. The number of piperidine rings is 1. The van der Waals surface area contributed by atoms with Crippen LogP contribution in [0.15, 0.2) is 35.3 Å². The van der Waals surface area contributed by atoms with Crippen LogP contribution in [0.2, 0.25) is 5.02 Å². The van der Waals surface area contributed by atoms with E-state index < -0.39 is 0 Å². The van der Waals surface area contributed by atoms with E-state index in [0.717, 1.165) is 10.2 Å². The number of rotatable bonds is 4. The molecule has 1 fully saturated rings. The van der Waals surface area contributed by atoms with Crippen molar-refractivity contribution < 1.29 is 9.59 Å². The van der Waals surface area contributed by atoms with Gasteiger partial charge in [-0.15, -0.1) is 6.58 Å². The normalized spacial score (nSPS) is 16.6. The molecule has 2 rings (SSSR count). The Morgan fingerprint density at radius 2 is 2.00 bits per heavy atom. The molecule has 0 bridgehead atoms. The number of benzene rings is 1. The fraction of sp³-hybridized carbons (Fsp3) is 0.444. The van der Waals surface area contributed by atoms with Gasteiger partial charge in [0, 0.05) is 36.4 Å². The molecule has 1 heterocycles. The summed E-state index contributed by atoms with van der Waals surface area (Å²) in [6.45, 7) is 8.30. The van der Waals surface area contributed by atoms with Gasteiger partial charge in [-0.05, 0) is 53.4 Å². The van der Waals surface area contributed by atoms with Crippen molar-refractivity contribution in [3.63, 3.8) is 0 Å². The van der Waals surface area contributed by atoms with Crippen molar-refractivity contribution in [2.45, 2.75) is 38.6 Å². The maximum Gasteiger partial charge on any atom is 0.224 e. The van der Waals surface area contributed by atoms with Crippen LogP contribution in [0.3, 0.4) is 0 Å². The van der Waals surface area contributed by atoms with Crippen LogP contribution < -0.4 is 4.90 Å². The molecule has 1 aromatic carbocycles. The summed E-state index contributed by atoms with van der Waals surface area (Å²) in [5.74, 6) is 0.0420. The first-order chi connectivity index (χ1) is 11.3. The second kappa shape index (κ2) is 7.70. The van der Waals surface area contributed by atoms with Gasteiger partial charge in [0.2, 0.25) is 11.8 Å². The summed E-state index contributed by atoms with van der Waals surface area (Å²) in [4.78, 5) is 27.8. The lowest BCUT2D eigenvalue weighted by Crippen LogP contribution is -2.57. The van der Waals surface area contributed by atoms with Gasteiger partial charge in [0.15, 0.2) is 0 Å². The zero-order chi connectivity index (χ0) is 17.9. The smallest absolute Gasteiger partial charge is 0.224 e. The van der Waals surface area contributed by atoms with Crippen molar-refractivity contribution in [2.75, 3.05) is 18.0 Å². The van der Waals surface area contributed by atoms with Gasteiger partial charge < -0.3 is 9.80 Å². The first-order valence-corrected chi connectivity index (χ1v) is 9.10. The SMILES string of the molecule is C=CCC1(N(C(C)=O)c2ccc(Cl)cc2Br)CCN(C(C)=O)CC1. The number of carbonyl (C=O) groups excluding carboxylic acids is 2. The molecule has 24 heavy (non-hydrogen) atoms. The highest BCUT2D eigenvalue weighted by molar-refractivity contribution is 9.10. The first-order valence-electron chi connectivity index (χ1n) is 7.93. The summed E-state index contributed by atoms with van der Waals surface area (Å²) >= 11 is 9.57. The lowest BCUT2D eigenvalue weighted by Gasteiger charge is -2.48. The van der Waals surface area contributed by atoms with Gasteiger partial charge in [-0.3, -0.25) is 9.59 Å². The largest absolute Gasteiger partial charge is 0.343 e. The standard InChI is InChI=1S/C18H22BrClN2O2/c1-4-7-18(8-10-21(11-9-18)13(2)23)22(14(3)24)17-6-5-15(20)12-16(17)19/h4-6,12H,1,7-11H2,2-3H3. The van der Waals surface area contributed by atoms with Gasteiger partial charge in [-0.2, -0.15) is 0 Å². The Balaban J connectivity index is 2.43. The summed E-state index contributed by atoms with van der Waals surface area (Å²) < 4.78 is 0.780. The predicted octanol–water partition coefficient (Wildman–Crippen LogP) is 4.41. The van der Waals surface area contributed by atoms with Crippen LogP contribution in [0.5, 0.6) is 0 Å². The molecule has 6 heteroatoms.